The number of pyridine rings is 1. The lowest BCUT2D eigenvalue weighted by atomic mass is 9.97. The van der Waals surface area contributed by atoms with Crippen molar-refractivity contribution in [1.82, 2.24) is 4.98 Å². The fourth-order valence-electron chi connectivity index (χ4n) is 1.75. The first-order valence-corrected chi connectivity index (χ1v) is 5.18. The number of benzene rings is 1. The molecule has 0 aliphatic carbocycles. The van der Waals surface area contributed by atoms with Crippen LogP contribution in [0.2, 0.25) is 0 Å². The van der Waals surface area contributed by atoms with Crippen LogP contribution in [0.4, 0.5) is 8.78 Å². The van der Waals surface area contributed by atoms with Crippen molar-refractivity contribution in [3.8, 4) is 6.07 Å². The van der Waals surface area contributed by atoms with Crippen molar-refractivity contribution < 1.29 is 8.78 Å². The molecule has 0 spiro atoms. The van der Waals surface area contributed by atoms with E-state index in [1.807, 2.05) is 6.07 Å². The van der Waals surface area contributed by atoms with Crippen LogP contribution < -0.4 is 11.5 Å². The van der Waals surface area contributed by atoms with Crippen molar-refractivity contribution in [3.05, 3.63) is 41.7 Å². The van der Waals surface area contributed by atoms with Crippen molar-refractivity contribution >= 4 is 10.8 Å². The van der Waals surface area contributed by atoms with Gasteiger partial charge in [0.25, 0.3) is 0 Å². The van der Waals surface area contributed by atoms with E-state index in [1.165, 1.54) is 18.5 Å². The van der Waals surface area contributed by atoms with Crippen LogP contribution in [0.5, 0.6) is 0 Å². The monoisotopic (exact) mass is 248 g/mol. The van der Waals surface area contributed by atoms with Gasteiger partial charge in [-0.1, -0.05) is 6.07 Å². The normalized spacial score (nSPS) is 14.2. The van der Waals surface area contributed by atoms with E-state index in [2.05, 4.69) is 4.98 Å². The number of nitrogens with zero attached hydrogens (tertiary/aromatic N) is 2. The zero-order chi connectivity index (χ0) is 13.3. The number of nitrogens with two attached hydrogens (primary N) is 2. The molecule has 1 aromatic carbocycles. The minimum atomic E-state index is -0.987. The second-order valence-corrected chi connectivity index (χ2v) is 3.87. The zero-order valence-electron chi connectivity index (χ0n) is 9.27. The molecule has 0 amide bonds. The lowest BCUT2D eigenvalue weighted by Crippen LogP contribution is -2.32. The maximum atomic E-state index is 13.6. The van der Waals surface area contributed by atoms with Crippen molar-refractivity contribution in [2.45, 2.75) is 12.1 Å². The predicted octanol–water partition coefficient (Wildman–Crippen LogP) is 1.36. The van der Waals surface area contributed by atoms with Gasteiger partial charge in [-0.25, -0.2) is 8.78 Å². The summed E-state index contributed by atoms with van der Waals surface area (Å²) < 4.78 is 26.7. The molecule has 2 rings (SSSR count). The van der Waals surface area contributed by atoms with Crippen LogP contribution in [0.25, 0.3) is 10.8 Å². The molecular weight excluding hydrogens is 238 g/mol. The van der Waals surface area contributed by atoms with Gasteiger partial charge < -0.3 is 11.5 Å². The Morgan fingerprint density at radius 2 is 1.89 bits per heavy atom. The minimum Gasteiger partial charge on any atom is -0.322 e. The molecule has 4 N–H and O–H groups in total. The molecule has 4 nitrogen and oxygen atoms in total. The van der Waals surface area contributed by atoms with E-state index >= 15 is 0 Å². The molecule has 0 bridgehead atoms. The topological polar surface area (TPSA) is 88.7 Å². The SMILES string of the molecule is N#CC(N)C(N)c1cncc2c(F)c(F)ccc12. The highest BCUT2D eigenvalue weighted by molar-refractivity contribution is 5.85. The van der Waals surface area contributed by atoms with E-state index in [-0.39, 0.29) is 5.39 Å². The first-order chi connectivity index (χ1) is 8.56. The van der Waals surface area contributed by atoms with Crippen LogP contribution in [0.1, 0.15) is 11.6 Å². The molecule has 2 aromatic rings. The lowest BCUT2D eigenvalue weighted by Gasteiger charge is -2.16. The molecular formula is C12H10F2N4. The maximum absolute atomic E-state index is 13.6. The Bertz CT molecular complexity index is 636. The van der Waals surface area contributed by atoms with Gasteiger partial charge in [-0.2, -0.15) is 5.26 Å². The fraction of sp³-hybridized carbons (Fsp3) is 0.167. The van der Waals surface area contributed by atoms with Gasteiger partial charge in [-0.15, -0.1) is 0 Å². The Morgan fingerprint density at radius 3 is 2.56 bits per heavy atom. The van der Waals surface area contributed by atoms with Gasteiger partial charge in [0.05, 0.1) is 12.1 Å². The summed E-state index contributed by atoms with van der Waals surface area (Å²) in [5, 5.41) is 9.15. The molecule has 0 fully saturated rings. The van der Waals surface area contributed by atoms with Gasteiger partial charge in [0.15, 0.2) is 11.6 Å². The van der Waals surface area contributed by atoms with Crippen LogP contribution in [-0.4, -0.2) is 11.0 Å². The van der Waals surface area contributed by atoms with Gasteiger partial charge in [0.2, 0.25) is 0 Å². The first kappa shape index (κ1) is 12.4. The number of hydrogen-bond acceptors (Lipinski definition) is 4. The quantitative estimate of drug-likeness (QED) is 0.839. The summed E-state index contributed by atoms with van der Waals surface area (Å²) in [5.74, 6) is -1.95. The molecule has 0 radical (unpaired) electrons. The average molecular weight is 248 g/mol. The van der Waals surface area contributed by atoms with Gasteiger partial charge in [-0.05, 0) is 17.0 Å². The predicted molar refractivity (Wildman–Crippen MR) is 62.2 cm³/mol. The van der Waals surface area contributed by atoms with Gasteiger partial charge in [0, 0.05) is 17.8 Å². The van der Waals surface area contributed by atoms with E-state index < -0.39 is 23.7 Å². The van der Waals surface area contributed by atoms with Gasteiger partial charge in [-0.3, -0.25) is 4.98 Å². The molecule has 0 saturated carbocycles. The number of hydrogen-bond donors (Lipinski definition) is 2. The van der Waals surface area contributed by atoms with Crippen LogP contribution in [-0.2, 0) is 0 Å². The fourth-order valence-corrected chi connectivity index (χ4v) is 1.75. The second kappa shape index (κ2) is 4.64. The largest absolute Gasteiger partial charge is 0.322 e. The van der Waals surface area contributed by atoms with E-state index in [0.717, 1.165) is 6.07 Å². The summed E-state index contributed by atoms with van der Waals surface area (Å²) in [6.07, 6.45) is 2.61. The average Bonchev–Trinajstić information content (AvgIpc) is 2.40. The van der Waals surface area contributed by atoms with E-state index in [0.29, 0.717) is 10.9 Å². The van der Waals surface area contributed by atoms with Crippen molar-refractivity contribution in [3.63, 3.8) is 0 Å². The van der Waals surface area contributed by atoms with Crippen LogP contribution in [0, 0.1) is 23.0 Å². The molecule has 92 valence electrons. The second-order valence-electron chi connectivity index (χ2n) is 3.87. The summed E-state index contributed by atoms with van der Waals surface area (Å²) in [4.78, 5) is 3.80. The first-order valence-electron chi connectivity index (χ1n) is 5.18. The van der Waals surface area contributed by atoms with E-state index in [1.54, 1.807) is 0 Å². The van der Waals surface area contributed by atoms with Gasteiger partial charge in [0.1, 0.15) is 6.04 Å². The Balaban J connectivity index is 2.67. The van der Waals surface area contributed by atoms with E-state index in [9.17, 15) is 8.78 Å². The van der Waals surface area contributed by atoms with Crippen molar-refractivity contribution in [1.29, 1.82) is 5.26 Å². The summed E-state index contributed by atoms with van der Waals surface area (Å²) in [5.41, 5.74) is 11.7. The van der Waals surface area contributed by atoms with Crippen LogP contribution >= 0.6 is 0 Å². The number of aromatic nitrogens is 1. The Morgan fingerprint density at radius 1 is 1.17 bits per heavy atom. The van der Waals surface area contributed by atoms with Crippen LogP contribution in [0.15, 0.2) is 24.5 Å². The Hall–Kier alpha value is -2.10. The molecule has 0 aliphatic rings. The number of fused-ring (bicyclic) bond motifs is 1. The molecule has 2 unspecified atom stereocenters. The molecule has 6 heteroatoms. The summed E-state index contributed by atoms with van der Waals surface area (Å²) in [7, 11) is 0. The zero-order valence-corrected chi connectivity index (χ0v) is 9.27. The number of halogens is 2. The highest BCUT2D eigenvalue weighted by Gasteiger charge is 2.19. The third-order valence-corrected chi connectivity index (χ3v) is 2.76. The summed E-state index contributed by atoms with van der Waals surface area (Å²) in [6.45, 7) is 0. The molecule has 0 aliphatic heterocycles. The van der Waals surface area contributed by atoms with Crippen LogP contribution in [0.3, 0.4) is 0 Å². The highest BCUT2D eigenvalue weighted by atomic mass is 19.2. The number of rotatable bonds is 2. The van der Waals surface area contributed by atoms with Crippen molar-refractivity contribution in [2.75, 3.05) is 0 Å². The highest BCUT2D eigenvalue weighted by Crippen LogP contribution is 2.26. The smallest absolute Gasteiger partial charge is 0.168 e. The maximum Gasteiger partial charge on any atom is 0.168 e. The standard InChI is InChI=1S/C12H10F2N4/c13-9-2-1-6-7(11(9)14)4-18-5-8(6)12(17)10(16)3-15/h1-2,4-5,10,12H,16-17H2. The Labute approximate surface area is 102 Å². The summed E-state index contributed by atoms with van der Waals surface area (Å²) >= 11 is 0. The molecule has 1 aromatic heterocycles. The van der Waals surface area contributed by atoms with Gasteiger partial charge >= 0.3 is 0 Å². The molecule has 2 atom stereocenters. The minimum absolute atomic E-state index is 0.0214. The van der Waals surface area contributed by atoms with Crippen molar-refractivity contribution in [2.24, 2.45) is 11.5 Å². The third-order valence-electron chi connectivity index (χ3n) is 2.76. The molecule has 1 heterocycles. The molecule has 0 saturated heterocycles. The van der Waals surface area contributed by atoms with E-state index in [4.69, 9.17) is 16.7 Å². The molecule has 18 heavy (non-hydrogen) atoms. The number of nitriles is 1. The lowest BCUT2D eigenvalue weighted by molar-refractivity contribution is 0.516. The Kier molecular flexibility index (Phi) is 3.19. The third kappa shape index (κ3) is 1.90. The summed E-state index contributed by atoms with van der Waals surface area (Å²) in [6, 6.07) is 2.47.